The summed E-state index contributed by atoms with van der Waals surface area (Å²) < 4.78 is 4.74. The molecule has 2 aromatic rings. The van der Waals surface area contributed by atoms with Gasteiger partial charge < -0.3 is 24.8 Å². The van der Waals surface area contributed by atoms with Crippen LogP contribution in [0.25, 0.3) is 0 Å². The van der Waals surface area contributed by atoms with Crippen molar-refractivity contribution in [3.8, 4) is 0 Å². The summed E-state index contributed by atoms with van der Waals surface area (Å²) in [4.78, 5) is 0. The van der Waals surface area contributed by atoms with Crippen LogP contribution in [0.5, 0.6) is 0 Å². The summed E-state index contributed by atoms with van der Waals surface area (Å²) in [6.45, 7) is 6.91. The van der Waals surface area contributed by atoms with Gasteiger partial charge in [-0.25, -0.2) is 9.13 Å². The minimum Gasteiger partial charge on any atom is -1.00 e. The molecule has 2 aromatic heterocycles. The molecular formula is C34H58Cl2N2. The lowest BCUT2D eigenvalue weighted by Gasteiger charge is -2.03. The highest BCUT2D eigenvalue weighted by Gasteiger charge is 2.03. The molecule has 0 aliphatic heterocycles. The molecule has 0 aliphatic carbocycles. The van der Waals surface area contributed by atoms with Crippen LogP contribution in [0.4, 0.5) is 0 Å². The molecule has 38 heavy (non-hydrogen) atoms. The van der Waals surface area contributed by atoms with Gasteiger partial charge in [0.1, 0.15) is 13.1 Å². The molecule has 0 spiro atoms. The molecule has 0 saturated carbocycles. The van der Waals surface area contributed by atoms with E-state index in [1.807, 2.05) is 0 Å². The van der Waals surface area contributed by atoms with E-state index in [4.69, 9.17) is 0 Å². The first-order chi connectivity index (χ1) is 17.8. The van der Waals surface area contributed by atoms with Crippen LogP contribution in [0, 0.1) is 0 Å². The zero-order valence-electron chi connectivity index (χ0n) is 24.8. The monoisotopic (exact) mass is 564 g/mol. The Morgan fingerprint density at radius 3 is 0.974 bits per heavy atom. The van der Waals surface area contributed by atoms with E-state index in [2.05, 4.69) is 72.0 Å². The molecule has 0 radical (unpaired) electrons. The summed E-state index contributed by atoms with van der Waals surface area (Å²) in [6.07, 6.45) is 36.4. The molecule has 0 unspecified atom stereocenters. The highest BCUT2D eigenvalue weighted by molar-refractivity contribution is 5.07. The second kappa shape index (κ2) is 26.1. The van der Waals surface area contributed by atoms with Crippen molar-refractivity contribution in [1.82, 2.24) is 0 Å². The highest BCUT2D eigenvalue weighted by Crippen LogP contribution is 2.12. The van der Waals surface area contributed by atoms with Gasteiger partial charge in [-0.2, -0.15) is 0 Å². The van der Waals surface area contributed by atoms with Crippen LogP contribution in [-0.4, -0.2) is 0 Å². The Kier molecular flexibility index (Phi) is 25.4. The van der Waals surface area contributed by atoms with Gasteiger partial charge in [0.15, 0.2) is 24.8 Å². The molecule has 0 bridgehead atoms. The maximum Gasteiger partial charge on any atom is 0.169 e. The number of nitrogens with zero attached hydrogens (tertiary/aromatic N) is 2. The van der Waals surface area contributed by atoms with Crippen molar-refractivity contribution in [3.05, 3.63) is 60.2 Å². The molecule has 0 fully saturated rings. The Labute approximate surface area is 248 Å². The van der Waals surface area contributed by atoms with Gasteiger partial charge in [0.2, 0.25) is 0 Å². The first-order valence-electron chi connectivity index (χ1n) is 15.8. The van der Waals surface area contributed by atoms with Crippen LogP contribution in [0.15, 0.2) is 49.1 Å². The molecule has 2 rings (SSSR count). The summed E-state index contributed by atoms with van der Waals surface area (Å²) in [5, 5.41) is 0. The topological polar surface area (TPSA) is 7.76 Å². The number of rotatable bonds is 23. The van der Waals surface area contributed by atoms with E-state index in [-0.39, 0.29) is 24.8 Å². The SMILES string of the molecule is CCCCCc1cc[n+](CCCCCCCCCCCCCC[n+]2ccc(CCCCC)cc2)cc1.[Cl-].[Cl-]. The van der Waals surface area contributed by atoms with Crippen LogP contribution in [0.1, 0.15) is 141 Å². The number of aromatic nitrogens is 2. The van der Waals surface area contributed by atoms with Crippen LogP contribution in [0.2, 0.25) is 0 Å². The molecule has 2 heterocycles. The van der Waals surface area contributed by atoms with E-state index in [9.17, 15) is 0 Å². The zero-order chi connectivity index (χ0) is 25.5. The number of pyridine rings is 2. The van der Waals surface area contributed by atoms with Crippen molar-refractivity contribution >= 4 is 0 Å². The van der Waals surface area contributed by atoms with Crippen molar-refractivity contribution in [2.24, 2.45) is 0 Å². The Morgan fingerprint density at radius 1 is 0.395 bits per heavy atom. The number of unbranched alkanes of at least 4 members (excludes halogenated alkanes) is 15. The Hall–Kier alpha value is -1.12. The third-order valence-corrected chi connectivity index (χ3v) is 7.64. The Morgan fingerprint density at radius 2 is 0.684 bits per heavy atom. The number of hydrogen-bond donors (Lipinski definition) is 0. The fourth-order valence-electron chi connectivity index (χ4n) is 5.12. The van der Waals surface area contributed by atoms with Crippen molar-refractivity contribution < 1.29 is 33.9 Å². The first-order valence-corrected chi connectivity index (χ1v) is 15.8. The average Bonchev–Trinajstić information content (AvgIpc) is 2.91. The summed E-state index contributed by atoms with van der Waals surface area (Å²) in [7, 11) is 0. The van der Waals surface area contributed by atoms with Gasteiger partial charge in [-0.05, 0) is 49.7 Å². The molecule has 0 amide bonds. The molecule has 0 aromatic carbocycles. The van der Waals surface area contributed by atoms with Crippen LogP contribution < -0.4 is 33.9 Å². The van der Waals surface area contributed by atoms with Crippen LogP contribution in [-0.2, 0) is 25.9 Å². The van der Waals surface area contributed by atoms with E-state index >= 15 is 0 Å². The van der Waals surface area contributed by atoms with E-state index in [1.165, 1.54) is 153 Å². The lowest BCUT2D eigenvalue weighted by molar-refractivity contribution is -0.697. The molecule has 0 aliphatic rings. The smallest absolute Gasteiger partial charge is 0.169 e. The number of hydrogen-bond acceptors (Lipinski definition) is 0. The minimum absolute atomic E-state index is 0. The standard InChI is InChI=1S/C34H58N2.2ClH/c1-3-5-17-21-33-23-29-35(30-24-33)27-19-15-13-11-9-7-8-10-12-14-16-20-28-36-31-25-34(26-32-36)22-18-6-4-2;;/h23-26,29-32H,3-22,27-28H2,1-2H3;2*1H/q+2;;/p-2. The van der Waals surface area contributed by atoms with E-state index in [1.54, 1.807) is 0 Å². The molecule has 0 atom stereocenters. The second-order valence-corrected chi connectivity index (χ2v) is 11.0. The van der Waals surface area contributed by atoms with Gasteiger partial charge in [-0.15, -0.1) is 0 Å². The van der Waals surface area contributed by atoms with Gasteiger partial charge in [-0.3, -0.25) is 0 Å². The maximum absolute atomic E-state index is 2.37. The highest BCUT2D eigenvalue weighted by atomic mass is 35.5. The Balaban J connectivity index is 0.00000684. The van der Waals surface area contributed by atoms with Gasteiger partial charge in [0.25, 0.3) is 0 Å². The third-order valence-electron chi connectivity index (χ3n) is 7.64. The largest absolute Gasteiger partial charge is 1.00 e. The third kappa shape index (κ3) is 19.0. The fraction of sp³-hybridized carbons (Fsp3) is 0.706. The lowest BCUT2D eigenvalue weighted by atomic mass is 10.0. The van der Waals surface area contributed by atoms with Crippen molar-refractivity contribution in [3.63, 3.8) is 0 Å². The molecule has 4 heteroatoms. The van der Waals surface area contributed by atoms with E-state index in [0.717, 1.165) is 0 Å². The van der Waals surface area contributed by atoms with E-state index in [0.29, 0.717) is 0 Å². The molecule has 2 nitrogen and oxygen atoms in total. The Bertz CT molecular complexity index is 681. The van der Waals surface area contributed by atoms with E-state index < -0.39 is 0 Å². The minimum atomic E-state index is 0. The summed E-state index contributed by atoms with van der Waals surface area (Å²) in [5.74, 6) is 0. The van der Waals surface area contributed by atoms with Gasteiger partial charge in [0.05, 0.1) is 0 Å². The average molecular weight is 566 g/mol. The molecule has 0 saturated heterocycles. The van der Waals surface area contributed by atoms with Crippen LogP contribution in [0.3, 0.4) is 0 Å². The molecule has 0 N–H and O–H groups in total. The van der Waals surface area contributed by atoms with Crippen molar-refractivity contribution in [2.45, 2.75) is 155 Å². The number of halogens is 2. The summed E-state index contributed by atoms with van der Waals surface area (Å²) >= 11 is 0. The summed E-state index contributed by atoms with van der Waals surface area (Å²) in [6, 6.07) is 9.29. The van der Waals surface area contributed by atoms with Crippen molar-refractivity contribution in [2.75, 3.05) is 0 Å². The predicted octanol–water partition coefficient (Wildman–Crippen LogP) is 3.12. The summed E-state index contributed by atoms with van der Waals surface area (Å²) in [5.41, 5.74) is 3.00. The lowest BCUT2D eigenvalue weighted by Crippen LogP contribution is -3.00. The quantitative estimate of drug-likeness (QED) is 0.145. The second-order valence-electron chi connectivity index (χ2n) is 11.0. The first kappa shape index (κ1) is 36.9. The normalized spacial score (nSPS) is 10.7. The van der Waals surface area contributed by atoms with Crippen LogP contribution >= 0.6 is 0 Å². The number of aryl methyl sites for hydroxylation is 4. The molecule has 218 valence electrons. The maximum atomic E-state index is 2.37. The van der Waals surface area contributed by atoms with Gasteiger partial charge in [-0.1, -0.05) is 90.9 Å². The molecular weight excluding hydrogens is 507 g/mol. The predicted molar refractivity (Wildman–Crippen MR) is 155 cm³/mol. The van der Waals surface area contributed by atoms with Gasteiger partial charge >= 0.3 is 0 Å². The van der Waals surface area contributed by atoms with Crippen molar-refractivity contribution in [1.29, 1.82) is 0 Å². The zero-order valence-corrected chi connectivity index (χ0v) is 26.3. The fourth-order valence-corrected chi connectivity index (χ4v) is 5.12. The van der Waals surface area contributed by atoms with Gasteiger partial charge in [0, 0.05) is 37.1 Å².